The van der Waals surface area contributed by atoms with Crippen LogP contribution in [0.2, 0.25) is 0 Å². The molecule has 0 radical (unpaired) electrons. The van der Waals surface area contributed by atoms with Crippen LogP contribution in [0.1, 0.15) is 38.7 Å². The van der Waals surface area contributed by atoms with Gasteiger partial charge in [-0.1, -0.05) is 13.8 Å². The zero-order chi connectivity index (χ0) is 13.1. The Kier molecular flexibility index (Phi) is 3.84. The molecule has 0 amide bonds. The van der Waals surface area contributed by atoms with Gasteiger partial charge in [-0.2, -0.15) is 0 Å². The highest BCUT2D eigenvalue weighted by atomic mass is 15.2. The Balaban J connectivity index is 2.07. The molecule has 1 aromatic rings. The van der Waals surface area contributed by atoms with Gasteiger partial charge >= 0.3 is 0 Å². The third kappa shape index (κ3) is 3.22. The normalized spacial score (nSPS) is 14.8. The van der Waals surface area contributed by atoms with E-state index in [-0.39, 0.29) is 5.84 Å². The van der Waals surface area contributed by atoms with Crippen molar-refractivity contribution >= 4 is 11.7 Å². The number of anilines is 1. The summed E-state index contributed by atoms with van der Waals surface area (Å²) < 4.78 is 0. The van der Waals surface area contributed by atoms with Crippen LogP contribution in [0, 0.1) is 11.3 Å². The second-order valence-corrected chi connectivity index (χ2v) is 5.43. The Morgan fingerprint density at radius 2 is 2.22 bits per heavy atom. The average molecular weight is 246 g/mol. The molecule has 1 fully saturated rings. The number of nitrogens with two attached hydrogens (primary N) is 1. The lowest BCUT2D eigenvalue weighted by molar-refractivity contribution is 0.568. The molecule has 2 rings (SSSR count). The first kappa shape index (κ1) is 12.9. The number of nitrogens with zero attached hydrogens (tertiary/aromatic N) is 2. The summed E-state index contributed by atoms with van der Waals surface area (Å²) in [4.78, 5) is 6.84. The summed E-state index contributed by atoms with van der Waals surface area (Å²) in [6.45, 7) is 5.56. The molecule has 18 heavy (non-hydrogen) atoms. The minimum absolute atomic E-state index is 0.0780. The number of hydrogen-bond donors (Lipinski definition) is 2. The van der Waals surface area contributed by atoms with Crippen molar-refractivity contribution in [2.75, 3.05) is 11.4 Å². The molecule has 1 aliphatic rings. The molecule has 98 valence electrons. The predicted molar refractivity (Wildman–Crippen MR) is 75.1 cm³/mol. The van der Waals surface area contributed by atoms with Crippen molar-refractivity contribution in [3.05, 3.63) is 23.9 Å². The summed E-state index contributed by atoms with van der Waals surface area (Å²) in [5, 5.41) is 7.37. The summed E-state index contributed by atoms with van der Waals surface area (Å²) in [7, 11) is 0. The van der Waals surface area contributed by atoms with Crippen LogP contribution >= 0.6 is 0 Å². The standard InChI is InChI=1S/C14H22N4/c1-10(2)7-8-18(12-4-5-12)13-6-3-11(9-17-13)14(15)16/h3,6,9-10,12H,4-5,7-8H2,1-2H3,(H3,15,16). The highest BCUT2D eigenvalue weighted by Gasteiger charge is 2.29. The lowest BCUT2D eigenvalue weighted by atomic mass is 10.1. The van der Waals surface area contributed by atoms with E-state index in [1.807, 2.05) is 12.1 Å². The van der Waals surface area contributed by atoms with E-state index in [9.17, 15) is 0 Å². The minimum atomic E-state index is 0.0780. The Morgan fingerprint density at radius 3 is 2.67 bits per heavy atom. The summed E-state index contributed by atoms with van der Waals surface area (Å²) in [6.07, 6.45) is 5.43. The first-order chi connectivity index (χ1) is 8.58. The predicted octanol–water partition coefficient (Wildman–Crippen LogP) is 2.38. The number of pyridine rings is 1. The van der Waals surface area contributed by atoms with Gasteiger partial charge in [0.05, 0.1) is 0 Å². The number of nitrogen functional groups attached to an aromatic ring is 1. The maximum Gasteiger partial charge on any atom is 0.128 e. The number of aromatic nitrogens is 1. The van der Waals surface area contributed by atoms with Crippen molar-refractivity contribution in [1.82, 2.24) is 4.98 Å². The van der Waals surface area contributed by atoms with Gasteiger partial charge in [0.1, 0.15) is 11.7 Å². The van der Waals surface area contributed by atoms with Gasteiger partial charge in [-0.05, 0) is 37.3 Å². The maximum atomic E-state index is 7.37. The highest BCUT2D eigenvalue weighted by molar-refractivity contribution is 5.94. The van der Waals surface area contributed by atoms with E-state index in [4.69, 9.17) is 11.1 Å². The van der Waals surface area contributed by atoms with Gasteiger partial charge < -0.3 is 10.6 Å². The van der Waals surface area contributed by atoms with Gasteiger partial charge in [0.2, 0.25) is 0 Å². The van der Waals surface area contributed by atoms with Gasteiger partial charge in [0, 0.05) is 24.3 Å². The minimum Gasteiger partial charge on any atom is -0.384 e. The van der Waals surface area contributed by atoms with Crippen LogP contribution in [0.4, 0.5) is 5.82 Å². The van der Waals surface area contributed by atoms with E-state index < -0.39 is 0 Å². The number of nitrogens with one attached hydrogen (secondary N) is 1. The third-order valence-corrected chi connectivity index (χ3v) is 3.29. The lowest BCUT2D eigenvalue weighted by Gasteiger charge is -2.24. The molecule has 0 unspecified atom stereocenters. The molecule has 0 saturated heterocycles. The van der Waals surface area contributed by atoms with Crippen molar-refractivity contribution in [1.29, 1.82) is 5.41 Å². The fourth-order valence-corrected chi connectivity index (χ4v) is 1.98. The highest BCUT2D eigenvalue weighted by Crippen LogP contribution is 2.31. The second-order valence-electron chi connectivity index (χ2n) is 5.43. The van der Waals surface area contributed by atoms with Crippen LogP contribution in [0.25, 0.3) is 0 Å². The van der Waals surface area contributed by atoms with Crippen LogP contribution in [-0.2, 0) is 0 Å². The molecule has 4 nitrogen and oxygen atoms in total. The van der Waals surface area contributed by atoms with Crippen molar-refractivity contribution in [2.45, 2.75) is 39.2 Å². The van der Waals surface area contributed by atoms with Crippen molar-refractivity contribution in [2.24, 2.45) is 11.7 Å². The Morgan fingerprint density at radius 1 is 1.50 bits per heavy atom. The average Bonchev–Trinajstić information content (AvgIpc) is 3.14. The molecule has 0 bridgehead atoms. The molecule has 0 aliphatic heterocycles. The smallest absolute Gasteiger partial charge is 0.128 e. The molecule has 1 heterocycles. The molecular weight excluding hydrogens is 224 g/mol. The van der Waals surface area contributed by atoms with Crippen LogP contribution in [0.3, 0.4) is 0 Å². The van der Waals surface area contributed by atoms with Crippen LogP contribution in [-0.4, -0.2) is 23.4 Å². The molecule has 1 aliphatic carbocycles. The second kappa shape index (κ2) is 5.38. The van der Waals surface area contributed by atoms with Crippen molar-refractivity contribution in [3.63, 3.8) is 0 Å². The van der Waals surface area contributed by atoms with Crippen LogP contribution < -0.4 is 10.6 Å². The lowest BCUT2D eigenvalue weighted by Crippen LogP contribution is -2.28. The first-order valence-corrected chi connectivity index (χ1v) is 6.65. The molecule has 0 aromatic carbocycles. The topological polar surface area (TPSA) is 66.0 Å². The molecule has 0 spiro atoms. The summed E-state index contributed by atoms with van der Waals surface area (Å²) >= 11 is 0. The van der Waals surface area contributed by atoms with E-state index in [1.54, 1.807) is 6.20 Å². The fourth-order valence-electron chi connectivity index (χ4n) is 1.98. The number of amidine groups is 1. The molecule has 1 aromatic heterocycles. The first-order valence-electron chi connectivity index (χ1n) is 6.65. The van der Waals surface area contributed by atoms with Crippen LogP contribution in [0.15, 0.2) is 18.3 Å². The van der Waals surface area contributed by atoms with E-state index in [0.29, 0.717) is 17.5 Å². The molecule has 0 atom stereocenters. The number of hydrogen-bond acceptors (Lipinski definition) is 3. The SMILES string of the molecule is CC(C)CCN(c1ccc(C(=N)N)cn1)C1CC1. The fraction of sp³-hybridized carbons (Fsp3) is 0.571. The van der Waals surface area contributed by atoms with Gasteiger partial charge in [-0.25, -0.2) is 4.98 Å². The maximum absolute atomic E-state index is 7.37. The van der Waals surface area contributed by atoms with E-state index >= 15 is 0 Å². The zero-order valence-electron chi connectivity index (χ0n) is 11.2. The van der Waals surface area contributed by atoms with Crippen molar-refractivity contribution in [3.8, 4) is 0 Å². The summed E-state index contributed by atoms with van der Waals surface area (Å²) in [6, 6.07) is 4.53. The van der Waals surface area contributed by atoms with Gasteiger partial charge in [-0.15, -0.1) is 0 Å². The molecule has 4 heteroatoms. The molecule has 3 N–H and O–H groups in total. The van der Waals surface area contributed by atoms with E-state index in [0.717, 1.165) is 12.4 Å². The van der Waals surface area contributed by atoms with E-state index in [2.05, 4.69) is 23.7 Å². The largest absolute Gasteiger partial charge is 0.384 e. The Hall–Kier alpha value is -1.58. The zero-order valence-corrected chi connectivity index (χ0v) is 11.2. The van der Waals surface area contributed by atoms with Gasteiger partial charge in [0.25, 0.3) is 0 Å². The Labute approximate surface area is 109 Å². The summed E-state index contributed by atoms with van der Waals surface area (Å²) in [5.74, 6) is 1.81. The van der Waals surface area contributed by atoms with Gasteiger partial charge in [0.15, 0.2) is 0 Å². The Bertz CT molecular complexity index is 406. The quantitative estimate of drug-likeness (QED) is 0.598. The van der Waals surface area contributed by atoms with Crippen LogP contribution in [0.5, 0.6) is 0 Å². The summed E-state index contributed by atoms with van der Waals surface area (Å²) in [5.41, 5.74) is 6.13. The molecule has 1 saturated carbocycles. The molecular formula is C14H22N4. The monoisotopic (exact) mass is 246 g/mol. The van der Waals surface area contributed by atoms with Crippen molar-refractivity contribution < 1.29 is 0 Å². The third-order valence-electron chi connectivity index (χ3n) is 3.29. The van der Waals surface area contributed by atoms with Gasteiger partial charge in [-0.3, -0.25) is 5.41 Å². The number of rotatable bonds is 6. The van der Waals surface area contributed by atoms with E-state index in [1.165, 1.54) is 19.3 Å².